The molecule has 1 saturated heterocycles. The van der Waals surface area contributed by atoms with Crippen molar-refractivity contribution in [1.29, 1.82) is 0 Å². The Morgan fingerprint density at radius 1 is 1.09 bits per heavy atom. The maximum Gasteiger partial charge on any atom is 0.263 e. The van der Waals surface area contributed by atoms with Gasteiger partial charge in [-0.3, -0.25) is 14.2 Å². The Labute approximate surface area is 184 Å². The van der Waals surface area contributed by atoms with Crippen molar-refractivity contribution in [3.63, 3.8) is 0 Å². The molecule has 0 bridgehead atoms. The molecule has 8 heteroatoms. The lowest BCUT2D eigenvalue weighted by Crippen LogP contribution is -2.25. The van der Waals surface area contributed by atoms with Gasteiger partial charge < -0.3 is 10.2 Å². The standard InChI is InChI=1S/C24H24N6O2/c1-17(31)25-19-11-12-21-20(16-19)22(32)29(15-7-10-18-8-3-2-4-9-18)24-27-26-23(30(21)24)28-13-5-6-14-28/h2-4,7-12,16H,5-6,13-15H2,1H3,(H,25,31)/b10-7+. The molecule has 1 N–H and O–H groups in total. The van der Waals surface area contributed by atoms with E-state index in [0.29, 0.717) is 23.4 Å². The number of allylic oxidation sites excluding steroid dienone is 1. The lowest BCUT2D eigenvalue weighted by Gasteiger charge is -2.17. The van der Waals surface area contributed by atoms with Gasteiger partial charge in [0.25, 0.3) is 5.56 Å². The molecule has 0 spiro atoms. The molecule has 4 aromatic rings. The predicted molar refractivity (Wildman–Crippen MR) is 126 cm³/mol. The molecule has 0 atom stereocenters. The number of amides is 1. The topological polar surface area (TPSA) is 84.5 Å². The molecule has 1 amide bonds. The van der Waals surface area contributed by atoms with Crippen LogP contribution in [0.2, 0.25) is 0 Å². The molecule has 1 aliphatic rings. The molecule has 162 valence electrons. The van der Waals surface area contributed by atoms with Gasteiger partial charge >= 0.3 is 0 Å². The van der Waals surface area contributed by atoms with Crippen molar-refractivity contribution in [2.45, 2.75) is 26.3 Å². The zero-order valence-corrected chi connectivity index (χ0v) is 17.9. The second-order valence-electron chi connectivity index (χ2n) is 7.97. The van der Waals surface area contributed by atoms with Crippen molar-refractivity contribution in [3.8, 4) is 0 Å². The average Bonchev–Trinajstić information content (AvgIpc) is 3.46. The summed E-state index contributed by atoms with van der Waals surface area (Å²) < 4.78 is 3.59. The maximum absolute atomic E-state index is 13.5. The summed E-state index contributed by atoms with van der Waals surface area (Å²) in [5.74, 6) is 1.07. The second kappa shape index (κ2) is 8.30. The van der Waals surface area contributed by atoms with E-state index >= 15 is 0 Å². The van der Waals surface area contributed by atoms with Gasteiger partial charge in [0.05, 0.1) is 10.9 Å². The van der Waals surface area contributed by atoms with Gasteiger partial charge in [-0.05, 0) is 36.6 Å². The summed E-state index contributed by atoms with van der Waals surface area (Å²) in [5, 5.41) is 12.1. The molecule has 2 aromatic heterocycles. The Bertz CT molecular complexity index is 1380. The van der Waals surface area contributed by atoms with Crippen LogP contribution in [0, 0.1) is 0 Å². The summed E-state index contributed by atoms with van der Waals surface area (Å²) in [6, 6.07) is 15.3. The Kier molecular flexibility index (Phi) is 5.18. The molecule has 8 nitrogen and oxygen atoms in total. The number of carbonyl (C=O) groups is 1. The summed E-state index contributed by atoms with van der Waals surface area (Å²) in [5.41, 5.74) is 2.21. The van der Waals surface area contributed by atoms with Crippen LogP contribution in [-0.2, 0) is 11.3 Å². The first kappa shape index (κ1) is 20.0. The minimum absolute atomic E-state index is 0.169. The first-order valence-electron chi connectivity index (χ1n) is 10.8. The second-order valence-corrected chi connectivity index (χ2v) is 7.97. The van der Waals surface area contributed by atoms with Crippen molar-refractivity contribution in [2.24, 2.45) is 0 Å². The van der Waals surface area contributed by atoms with E-state index in [1.165, 1.54) is 6.92 Å². The fraction of sp³-hybridized carbons (Fsp3) is 0.250. The summed E-state index contributed by atoms with van der Waals surface area (Å²) in [4.78, 5) is 27.2. The van der Waals surface area contributed by atoms with Crippen molar-refractivity contribution in [1.82, 2.24) is 19.2 Å². The highest BCUT2D eigenvalue weighted by molar-refractivity contribution is 5.92. The number of benzene rings is 2. The SMILES string of the molecule is CC(=O)Nc1ccc2c(c1)c(=O)n(C/C=C/c1ccccc1)c1nnc(N3CCCC3)n21. The van der Waals surface area contributed by atoms with Gasteiger partial charge in [0.1, 0.15) is 0 Å². The molecule has 1 aliphatic heterocycles. The zero-order valence-electron chi connectivity index (χ0n) is 17.9. The number of carbonyl (C=O) groups excluding carboxylic acids is 1. The summed E-state index contributed by atoms with van der Waals surface area (Å²) >= 11 is 0. The Balaban J connectivity index is 1.68. The van der Waals surface area contributed by atoms with Gasteiger partial charge in [-0.15, -0.1) is 10.2 Å². The van der Waals surface area contributed by atoms with Crippen molar-refractivity contribution in [2.75, 3.05) is 23.3 Å². The minimum Gasteiger partial charge on any atom is -0.341 e. The molecule has 1 fully saturated rings. The van der Waals surface area contributed by atoms with Crippen LogP contribution in [0.1, 0.15) is 25.3 Å². The summed E-state index contributed by atoms with van der Waals surface area (Å²) in [7, 11) is 0. The highest BCUT2D eigenvalue weighted by atomic mass is 16.1. The largest absolute Gasteiger partial charge is 0.341 e. The van der Waals surface area contributed by atoms with E-state index < -0.39 is 0 Å². The van der Waals surface area contributed by atoms with Gasteiger partial charge in [0, 0.05) is 32.2 Å². The quantitative estimate of drug-likeness (QED) is 0.527. The molecular formula is C24H24N6O2. The highest BCUT2D eigenvalue weighted by Crippen LogP contribution is 2.24. The lowest BCUT2D eigenvalue weighted by atomic mass is 10.2. The molecule has 32 heavy (non-hydrogen) atoms. The summed E-state index contributed by atoms with van der Waals surface area (Å²) in [6.45, 7) is 3.64. The van der Waals surface area contributed by atoms with Gasteiger partial charge in [0.2, 0.25) is 17.6 Å². The Hall–Kier alpha value is -3.94. The zero-order chi connectivity index (χ0) is 22.1. The van der Waals surface area contributed by atoms with Crippen LogP contribution in [0.5, 0.6) is 0 Å². The van der Waals surface area contributed by atoms with Crippen molar-refractivity contribution in [3.05, 3.63) is 70.5 Å². The summed E-state index contributed by atoms with van der Waals surface area (Å²) in [6.07, 6.45) is 6.15. The molecule has 2 aromatic carbocycles. The Morgan fingerprint density at radius 2 is 1.88 bits per heavy atom. The number of nitrogens with one attached hydrogen (secondary N) is 1. The number of anilines is 2. The maximum atomic E-state index is 13.5. The van der Waals surface area contributed by atoms with E-state index in [-0.39, 0.29) is 11.5 Å². The number of aromatic nitrogens is 4. The van der Waals surface area contributed by atoms with Crippen LogP contribution >= 0.6 is 0 Å². The number of rotatable bonds is 5. The van der Waals surface area contributed by atoms with E-state index in [2.05, 4.69) is 20.4 Å². The van der Waals surface area contributed by atoms with Crippen LogP contribution in [-0.4, -0.2) is 38.2 Å². The number of hydrogen-bond donors (Lipinski definition) is 1. The van der Waals surface area contributed by atoms with Crippen LogP contribution in [0.4, 0.5) is 11.6 Å². The van der Waals surface area contributed by atoms with Gasteiger partial charge in [-0.2, -0.15) is 0 Å². The van der Waals surface area contributed by atoms with Crippen molar-refractivity contribution < 1.29 is 4.79 Å². The highest BCUT2D eigenvalue weighted by Gasteiger charge is 2.22. The van der Waals surface area contributed by atoms with Crippen LogP contribution < -0.4 is 15.8 Å². The molecular weight excluding hydrogens is 404 g/mol. The van der Waals surface area contributed by atoms with E-state index in [4.69, 9.17) is 0 Å². The third-order valence-electron chi connectivity index (χ3n) is 5.69. The molecule has 5 rings (SSSR count). The fourth-order valence-electron chi connectivity index (χ4n) is 4.22. The number of hydrogen-bond acceptors (Lipinski definition) is 5. The predicted octanol–water partition coefficient (Wildman–Crippen LogP) is 3.32. The number of nitrogens with zero attached hydrogens (tertiary/aromatic N) is 5. The van der Waals surface area contributed by atoms with E-state index in [1.807, 2.05) is 53.0 Å². The molecule has 0 aliphatic carbocycles. The fourth-order valence-corrected chi connectivity index (χ4v) is 4.22. The smallest absolute Gasteiger partial charge is 0.263 e. The third-order valence-corrected chi connectivity index (χ3v) is 5.69. The molecule has 0 saturated carbocycles. The first-order valence-corrected chi connectivity index (χ1v) is 10.8. The van der Waals surface area contributed by atoms with E-state index in [9.17, 15) is 9.59 Å². The average molecular weight is 428 g/mol. The Morgan fingerprint density at radius 3 is 2.62 bits per heavy atom. The lowest BCUT2D eigenvalue weighted by molar-refractivity contribution is -0.114. The molecule has 0 radical (unpaired) electrons. The van der Waals surface area contributed by atoms with Crippen molar-refractivity contribution >= 4 is 40.3 Å². The van der Waals surface area contributed by atoms with Gasteiger partial charge in [-0.1, -0.05) is 42.5 Å². The molecule has 0 unspecified atom stereocenters. The van der Waals surface area contributed by atoms with E-state index in [1.54, 1.807) is 16.7 Å². The normalized spacial score (nSPS) is 14.1. The van der Waals surface area contributed by atoms with Crippen LogP contribution in [0.3, 0.4) is 0 Å². The van der Waals surface area contributed by atoms with Gasteiger partial charge in [0.15, 0.2) is 0 Å². The van der Waals surface area contributed by atoms with Crippen LogP contribution in [0.15, 0.2) is 59.4 Å². The minimum atomic E-state index is -0.182. The van der Waals surface area contributed by atoms with Gasteiger partial charge in [-0.25, -0.2) is 4.40 Å². The first-order chi connectivity index (χ1) is 15.6. The third kappa shape index (κ3) is 3.64. The molecule has 3 heterocycles. The number of fused-ring (bicyclic) bond motifs is 3. The van der Waals surface area contributed by atoms with E-state index in [0.717, 1.165) is 43.0 Å². The van der Waals surface area contributed by atoms with Crippen LogP contribution in [0.25, 0.3) is 22.8 Å². The monoisotopic (exact) mass is 428 g/mol.